The van der Waals surface area contributed by atoms with Gasteiger partial charge in [0.25, 0.3) is 0 Å². The molecule has 0 amide bonds. The van der Waals surface area contributed by atoms with Gasteiger partial charge in [-0.2, -0.15) is 0 Å². The highest BCUT2D eigenvalue weighted by Crippen LogP contribution is 2.29. The molecule has 0 unspecified atom stereocenters. The predicted octanol–water partition coefficient (Wildman–Crippen LogP) is 4.92. The van der Waals surface area contributed by atoms with E-state index < -0.39 is 0 Å². The zero-order valence-corrected chi connectivity index (χ0v) is 20.9. The molecule has 3 aromatic rings. The molecule has 0 aromatic carbocycles. The van der Waals surface area contributed by atoms with E-state index in [2.05, 4.69) is 29.9 Å². The molecule has 0 fully saturated rings. The van der Waals surface area contributed by atoms with Gasteiger partial charge < -0.3 is 15.3 Å². The zero-order chi connectivity index (χ0) is 24.7. The lowest BCUT2D eigenvalue weighted by atomic mass is 10.1. The van der Waals surface area contributed by atoms with Gasteiger partial charge in [0.05, 0.1) is 18.7 Å². The molecule has 3 heterocycles. The molecule has 2 atom stereocenters. The molecular formula is C22H27ClN8O2S. The van der Waals surface area contributed by atoms with Gasteiger partial charge in [-0.25, -0.2) is 15.0 Å². The predicted molar refractivity (Wildman–Crippen MR) is 135 cm³/mol. The third-order valence-electron chi connectivity index (χ3n) is 5.04. The molecule has 0 aliphatic carbocycles. The van der Waals surface area contributed by atoms with Crippen molar-refractivity contribution in [1.82, 2.24) is 29.7 Å². The molecule has 0 saturated carbocycles. The van der Waals surface area contributed by atoms with E-state index in [9.17, 15) is 5.11 Å². The van der Waals surface area contributed by atoms with Gasteiger partial charge in [0.1, 0.15) is 17.3 Å². The van der Waals surface area contributed by atoms with E-state index in [1.165, 1.54) is 18.0 Å². The highest BCUT2D eigenvalue weighted by atomic mass is 35.5. The minimum atomic E-state index is 0.0137. The molecule has 0 aliphatic rings. The second-order valence-corrected chi connectivity index (χ2v) is 9.11. The van der Waals surface area contributed by atoms with Crippen molar-refractivity contribution in [1.29, 1.82) is 5.41 Å². The standard InChI is InChI=1S/C22H27ClN8O2S/c1-5-16(24)9-17(32)12-31-21(18-7-6-8-19(27-18)33-4)28-29-22(31)30-34-14(3)13(2)20-25-10-15(23)11-26-20/h6-11,13-14,24,32H,5,12H2,1-4H3,(H,29,30)/b17-9-,24-16?/t13-,14-/m0/s1. The fourth-order valence-electron chi connectivity index (χ4n) is 2.90. The summed E-state index contributed by atoms with van der Waals surface area (Å²) in [7, 11) is 1.54. The number of nitrogens with one attached hydrogen (secondary N) is 2. The molecule has 3 rings (SSSR count). The van der Waals surface area contributed by atoms with E-state index in [0.717, 1.165) is 0 Å². The van der Waals surface area contributed by atoms with Crippen LogP contribution in [0.15, 0.2) is 42.4 Å². The quantitative estimate of drug-likeness (QED) is 0.190. The van der Waals surface area contributed by atoms with Crippen molar-refractivity contribution < 1.29 is 9.84 Å². The summed E-state index contributed by atoms with van der Waals surface area (Å²) in [5.74, 6) is 2.06. The Bertz CT molecular complexity index is 1150. The number of hydrogen-bond acceptors (Lipinski definition) is 10. The van der Waals surface area contributed by atoms with Crippen molar-refractivity contribution in [2.24, 2.45) is 0 Å². The van der Waals surface area contributed by atoms with Crippen LogP contribution < -0.4 is 9.46 Å². The van der Waals surface area contributed by atoms with E-state index in [4.69, 9.17) is 21.7 Å². The van der Waals surface area contributed by atoms with Gasteiger partial charge in [0.15, 0.2) is 5.82 Å². The Morgan fingerprint density at radius 3 is 2.71 bits per heavy atom. The van der Waals surface area contributed by atoms with Crippen LogP contribution in [0.3, 0.4) is 0 Å². The van der Waals surface area contributed by atoms with Crippen LogP contribution in [0.5, 0.6) is 5.88 Å². The minimum Gasteiger partial charge on any atom is -0.510 e. The van der Waals surface area contributed by atoms with Gasteiger partial charge >= 0.3 is 0 Å². The molecule has 0 aliphatic heterocycles. The summed E-state index contributed by atoms with van der Waals surface area (Å²) >= 11 is 7.33. The van der Waals surface area contributed by atoms with Gasteiger partial charge in [-0.15, -0.1) is 10.2 Å². The van der Waals surface area contributed by atoms with Crippen LogP contribution >= 0.6 is 23.5 Å². The molecule has 0 radical (unpaired) electrons. The van der Waals surface area contributed by atoms with E-state index in [1.54, 1.807) is 42.3 Å². The van der Waals surface area contributed by atoms with Crippen molar-refractivity contribution in [3.63, 3.8) is 0 Å². The monoisotopic (exact) mass is 502 g/mol. The normalized spacial score (nSPS) is 13.4. The number of allylic oxidation sites excluding steroid dienone is 2. The number of rotatable bonds is 11. The Morgan fingerprint density at radius 2 is 2.03 bits per heavy atom. The highest BCUT2D eigenvalue weighted by molar-refractivity contribution is 8.01. The second kappa shape index (κ2) is 11.8. The van der Waals surface area contributed by atoms with E-state index >= 15 is 0 Å². The van der Waals surface area contributed by atoms with Crippen molar-refractivity contribution in [2.45, 2.75) is 44.9 Å². The number of aromatic nitrogens is 6. The van der Waals surface area contributed by atoms with Crippen LogP contribution in [-0.4, -0.2) is 52.9 Å². The Labute approximate surface area is 207 Å². The zero-order valence-electron chi connectivity index (χ0n) is 19.4. The first-order valence-electron chi connectivity index (χ1n) is 10.6. The molecule has 10 nitrogen and oxygen atoms in total. The number of nitrogens with zero attached hydrogens (tertiary/aromatic N) is 6. The largest absolute Gasteiger partial charge is 0.510 e. The van der Waals surface area contributed by atoms with E-state index in [0.29, 0.717) is 46.3 Å². The maximum Gasteiger partial charge on any atom is 0.235 e. The van der Waals surface area contributed by atoms with Crippen molar-refractivity contribution in [3.8, 4) is 17.4 Å². The number of hydrogen-bond donors (Lipinski definition) is 3. The summed E-state index contributed by atoms with van der Waals surface area (Å²) in [6, 6.07) is 5.33. The summed E-state index contributed by atoms with van der Waals surface area (Å²) in [4.78, 5) is 13.1. The molecule has 0 saturated heterocycles. The van der Waals surface area contributed by atoms with Crippen molar-refractivity contribution in [2.75, 3.05) is 11.8 Å². The molecule has 3 aromatic heterocycles. The second-order valence-electron chi connectivity index (χ2n) is 7.49. The van der Waals surface area contributed by atoms with Gasteiger partial charge in [0, 0.05) is 35.3 Å². The summed E-state index contributed by atoms with van der Waals surface area (Å²) in [6.07, 6.45) is 5.11. The van der Waals surface area contributed by atoms with Crippen LogP contribution in [0, 0.1) is 5.41 Å². The number of halogens is 1. The number of aliphatic hydroxyl groups is 1. The van der Waals surface area contributed by atoms with Crippen LogP contribution in [-0.2, 0) is 6.54 Å². The maximum absolute atomic E-state index is 10.5. The van der Waals surface area contributed by atoms with Gasteiger partial charge in [-0.05, 0) is 30.5 Å². The first kappa shape index (κ1) is 25.4. The van der Waals surface area contributed by atoms with E-state index in [1.807, 2.05) is 20.8 Å². The number of ether oxygens (including phenoxy) is 1. The minimum absolute atomic E-state index is 0.0137. The third kappa shape index (κ3) is 6.45. The summed E-state index contributed by atoms with van der Waals surface area (Å²) in [5.41, 5.74) is 0.861. The first-order valence-corrected chi connectivity index (χ1v) is 11.9. The molecule has 12 heteroatoms. The van der Waals surface area contributed by atoms with Crippen LogP contribution in [0.4, 0.5) is 5.95 Å². The first-order chi connectivity index (χ1) is 16.3. The van der Waals surface area contributed by atoms with Crippen LogP contribution in [0.25, 0.3) is 11.5 Å². The fourth-order valence-corrected chi connectivity index (χ4v) is 3.76. The highest BCUT2D eigenvalue weighted by Gasteiger charge is 2.21. The van der Waals surface area contributed by atoms with Crippen molar-refractivity contribution >= 4 is 35.2 Å². The number of aliphatic hydroxyl groups excluding tert-OH is 1. The molecule has 34 heavy (non-hydrogen) atoms. The smallest absolute Gasteiger partial charge is 0.235 e. The fraction of sp³-hybridized carbons (Fsp3) is 0.364. The van der Waals surface area contributed by atoms with Crippen LogP contribution in [0.1, 0.15) is 38.9 Å². The lowest BCUT2D eigenvalue weighted by molar-refractivity contribution is 0.378. The summed E-state index contributed by atoms with van der Waals surface area (Å²) < 4.78 is 10.2. The molecule has 180 valence electrons. The Hall–Kier alpha value is -3.18. The van der Waals surface area contributed by atoms with E-state index in [-0.39, 0.29) is 23.5 Å². The van der Waals surface area contributed by atoms with Gasteiger partial charge in [-0.3, -0.25) is 9.29 Å². The molecule has 3 N–H and O–H groups in total. The number of pyridine rings is 1. The number of anilines is 1. The number of methoxy groups -OCH3 is 1. The summed E-state index contributed by atoms with van der Waals surface area (Å²) in [5, 5.41) is 27.5. The Balaban J connectivity index is 1.85. The molecular weight excluding hydrogens is 476 g/mol. The third-order valence-corrected chi connectivity index (χ3v) is 6.32. The van der Waals surface area contributed by atoms with Crippen molar-refractivity contribution in [3.05, 3.63) is 53.3 Å². The lowest BCUT2D eigenvalue weighted by Crippen LogP contribution is -2.15. The lowest BCUT2D eigenvalue weighted by Gasteiger charge is -2.19. The molecule has 0 spiro atoms. The Kier molecular flexibility index (Phi) is 8.83. The average Bonchev–Trinajstić information content (AvgIpc) is 3.24. The van der Waals surface area contributed by atoms with Gasteiger partial charge in [0.2, 0.25) is 11.8 Å². The Morgan fingerprint density at radius 1 is 1.29 bits per heavy atom. The SMILES string of the molecule is CCC(=N)/C=C(\O)Cn1c(NS[C@@H](C)[C@H](C)c2ncc(Cl)cn2)nnc1-c1cccc(OC)n1. The topological polar surface area (TPSA) is 135 Å². The van der Waals surface area contributed by atoms with Gasteiger partial charge in [-0.1, -0.05) is 38.4 Å². The maximum atomic E-state index is 10.5. The molecule has 0 bridgehead atoms. The summed E-state index contributed by atoms with van der Waals surface area (Å²) in [6.45, 7) is 6.00. The average molecular weight is 503 g/mol. The van der Waals surface area contributed by atoms with Crippen LogP contribution in [0.2, 0.25) is 5.02 Å².